The Morgan fingerprint density at radius 1 is 1.47 bits per heavy atom. The van der Waals surface area contributed by atoms with E-state index in [9.17, 15) is 0 Å². The fraction of sp³-hybridized carbons (Fsp3) is 0.538. The van der Waals surface area contributed by atoms with Crippen LogP contribution in [0.4, 0.5) is 0 Å². The zero-order chi connectivity index (χ0) is 13.2. The molecule has 0 aliphatic carbocycles. The fourth-order valence-electron chi connectivity index (χ4n) is 2.38. The second-order valence-corrected chi connectivity index (χ2v) is 6.51. The van der Waals surface area contributed by atoms with E-state index in [1.165, 1.54) is 12.8 Å². The largest absolute Gasteiger partial charge is 0.284 e. The Morgan fingerprint density at radius 2 is 2.26 bits per heavy atom. The van der Waals surface area contributed by atoms with Crippen LogP contribution in [-0.2, 0) is 6.67 Å². The van der Waals surface area contributed by atoms with Crippen molar-refractivity contribution in [3.8, 4) is 10.7 Å². The number of nitrogens with zero attached hydrogens (tertiary/aromatic N) is 3. The average molecular weight is 294 g/mol. The van der Waals surface area contributed by atoms with Gasteiger partial charge < -0.3 is 0 Å². The molecule has 6 heteroatoms. The van der Waals surface area contributed by atoms with Crippen molar-refractivity contribution in [2.45, 2.75) is 26.4 Å². The minimum Gasteiger partial charge on any atom is -0.284 e. The predicted octanol–water partition coefficient (Wildman–Crippen LogP) is 3.36. The van der Waals surface area contributed by atoms with Crippen LogP contribution in [0.3, 0.4) is 0 Å². The van der Waals surface area contributed by atoms with Gasteiger partial charge in [0.05, 0.1) is 11.5 Å². The zero-order valence-corrected chi connectivity index (χ0v) is 12.6. The molecule has 0 radical (unpaired) electrons. The maximum atomic E-state index is 5.34. The number of H-pyrrole nitrogens is 1. The molecule has 19 heavy (non-hydrogen) atoms. The Balaban J connectivity index is 1.73. The van der Waals surface area contributed by atoms with Crippen molar-refractivity contribution in [3.63, 3.8) is 0 Å². The van der Waals surface area contributed by atoms with E-state index in [0.717, 1.165) is 36.4 Å². The fourth-order valence-corrected chi connectivity index (χ4v) is 3.24. The Bertz CT molecular complexity index is 576. The molecule has 2 aromatic rings. The molecule has 1 saturated heterocycles. The molecular weight excluding hydrogens is 276 g/mol. The topological polar surface area (TPSA) is 36.9 Å². The third-order valence-electron chi connectivity index (χ3n) is 3.65. The summed E-state index contributed by atoms with van der Waals surface area (Å²) in [5, 5.41) is 5.37. The van der Waals surface area contributed by atoms with Gasteiger partial charge in [0.2, 0.25) is 4.77 Å². The van der Waals surface area contributed by atoms with Crippen molar-refractivity contribution < 1.29 is 0 Å². The highest BCUT2D eigenvalue weighted by molar-refractivity contribution is 7.71. The maximum Gasteiger partial charge on any atom is 0.217 e. The van der Waals surface area contributed by atoms with Crippen LogP contribution in [0.15, 0.2) is 17.5 Å². The minimum absolute atomic E-state index is 0.641. The Kier molecular flexibility index (Phi) is 3.81. The zero-order valence-electron chi connectivity index (χ0n) is 11.0. The van der Waals surface area contributed by atoms with Crippen molar-refractivity contribution in [1.29, 1.82) is 0 Å². The predicted molar refractivity (Wildman–Crippen MR) is 80.7 cm³/mol. The Labute approximate surface area is 122 Å². The second-order valence-electron chi connectivity index (χ2n) is 5.20. The molecule has 2 aromatic heterocycles. The third kappa shape index (κ3) is 2.96. The summed E-state index contributed by atoms with van der Waals surface area (Å²) in [6, 6.07) is 4.09. The van der Waals surface area contributed by atoms with Crippen LogP contribution in [0.2, 0.25) is 0 Å². The van der Waals surface area contributed by atoms with Gasteiger partial charge in [-0.2, -0.15) is 4.98 Å². The van der Waals surface area contributed by atoms with E-state index in [1.807, 2.05) is 10.7 Å². The summed E-state index contributed by atoms with van der Waals surface area (Å²) in [6.07, 6.45) is 2.55. The van der Waals surface area contributed by atoms with Crippen molar-refractivity contribution in [3.05, 3.63) is 22.3 Å². The lowest BCUT2D eigenvalue weighted by Crippen LogP contribution is -2.34. The summed E-state index contributed by atoms with van der Waals surface area (Å²) >= 11 is 7.01. The number of piperidine rings is 1. The van der Waals surface area contributed by atoms with Crippen LogP contribution >= 0.6 is 23.6 Å². The van der Waals surface area contributed by atoms with Gasteiger partial charge in [-0.25, -0.2) is 4.68 Å². The molecule has 0 saturated carbocycles. The van der Waals surface area contributed by atoms with E-state index in [4.69, 9.17) is 12.2 Å². The standard InChI is InChI=1S/C13H18N4S2/c1-10-4-6-16(7-5-10)9-17-13(18)14-12(15-17)11-3-2-8-19-11/h2-3,8,10H,4-7,9H2,1H3,(H,14,15,18). The van der Waals surface area contributed by atoms with Crippen LogP contribution in [-0.4, -0.2) is 32.8 Å². The van der Waals surface area contributed by atoms with Gasteiger partial charge in [0, 0.05) is 13.1 Å². The first-order chi connectivity index (χ1) is 9.22. The van der Waals surface area contributed by atoms with Gasteiger partial charge in [0.25, 0.3) is 0 Å². The molecule has 0 spiro atoms. The Morgan fingerprint density at radius 3 is 2.95 bits per heavy atom. The summed E-state index contributed by atoms with van der Waals surface area (Å²) in [5.41, 5.74) is 0. The van der Waals surface area contributed by atoms with E-state index in [-0.39, 0.29) is 0 Å². The first-order valence-electron chi connectivity index (χ1n) is 6.65. The Hall–Kier alpha value is -0.980. The monoisotopic (exact) mass is 294 g/mol. The molecule has 1 fully saturated rings. The lowest BCUT2D eigenvalue weighted by atomic mass is 10.00. The molecule has 0 amide bonds. The normalized spacial score (nSPS) is 17.9. The van der Waals surface area contributed by atoms with Gasteiger partial charge in [-0.05, 0) is 42.4 Å². The van der Waals surface area contributed by atoms with Crippen LogP contribution in [0, 0.1) is 10.7 Å². The maximum absolute atomic E-state index is 5.34. The quantitative estimate of drug-likeness (QED) is 0.882. The summed E-state index contributed by atoms with van der Waals surface area (Å²) in [5.74, 6) is 1.73. The van der Waals surface area contributed by atoms with E-state index >= 15 is 0 Å². The molecule has 1 N–H and O–H groups in total. The number of hydrogen-bond acceptors (Lipinski definition) is 4. The van der Waals surface area contributed by atoms with Gasteiger partial charge in [0.1, 0.15) is 0 Å². The number of nitrogens with one attached hydrogen (secondary N) is 1. The van der Waals surface area contributed by atoms with Crippen molar-refractivity contribution in [1.82, 2.24) is 19.7 Å². The molecule has 0 unspecified atom stereocenters. The highest BCUT2D eigenvalue weighted by Crippen LogP contribution is 2.21. The van der Waals surface area contributed by atoms with Gasteiger partial charge in [-0.3, -0.25) is 10.00 Å². The van der Waals surface area contributed by atoms with E-state index in [1.54, 1.807) is 11.3 Å². The summed E-state index contributed by atoms with van der Waals surface area (Å²) in [4.78, 5) is 8.01. The lowest BCUT2D eigenvalue weighted by molar-refractivity contribution is 0.146. The number of aromatic amines is 1. The smallest absolute Gasteiger partial charge is 0.217 e. The first kappa shape index (κ1) is 13.0. The molecular formula is C13H18N4S2. The number of rotatable bonds is 3. The van der Waals surface area contributed by atoms with E-state index in [0.29, 0.717) is 4.77 Å². The summed E-state index contributed by atoms with van der Waals surface area (Å²) in [6.45, 7) is 5.45. The summed E-state index contributed by atoms with van der Waals surface area (Å²) in [7, 11) is 0. The van der Waals surface area contributed by atoms with Gasteiger partial charge in [0.15, 0.2) is 5.82 Å². The van der Waals surface area contributed by atoms with E-state index < -0.39 is 0 Å². The van der Waals surface area contributed by atoms with Gasteiger partial charge >= 0.3 is 0 Å². The lowest BCUT2D eigenvalue weighted by Gasteiger charge is -2.29. The van der Waals surface area contributed by atoms with E-state index in [2.05, 4.69) is 33.4 Å². The molecule has 3 rings (SSSR count). The molecule has 0 atom stereocenters. The summed E-state index contributed by atoms with van der Waals surface area (Å²) < 4.78 is 2.61. The van der Waals surface area contributed by atoms with Crippen molar-refractivity contribution in [2.75, 3.05) is 13.1 Å². The molecule has 3 heterocycles. The molecule has 0 aromatic carbocycles. The first-order valence-corrected chi connectivity index (χ1v) is 7.94. The molecule has 1 aliphatic rings. The van der Waals surface area contributed by atoms with Crippen LogP contribution in [0.1, 0.15) is 19.8 Å². The highest BCUT2D eigenvalue weighted by Gasteiger charge is 2.16. The van der Waals surface area contributed by atoms with Crippen LogP contribution in [0.5, 0.6) is 0 Å². The molecule has 102 valence electrons. The molecule has 4 nitrogen and oxygen atoms in total. The number of hydrogen-bond donors (Lipinski definition) is 1. The molecule has 0 bridgehead atoms. The van der Waals surface area contributed by atoms with Crippen molar-refractivity contribution >= 4 is 23.6 Å². The van der Waals surface area contributed by atoms with Gasteiger partial charge in [-0.1, -0.05) is 13.0 Å². The minimum atomic E-state index is 0.641. The number of thiophene rings is 1. The number of aromatic nitrogens is 3. The van der Waals surface area contributed by atoms with Crippen LogP contribution < -0.4 is 0 Å². The van der Waals surface area contributed by atoms with Crippen LogP contribution in [0.25, 0.3) is 10.7 Å². The van der Waals surface area contributed by atoms with Gasteiger partial charge in [-0.15, -0.1) is 11.3 Å². The van der Waals surface area contributed by atoms with Crippen molar-refractivity contribution in [2.24, 2.45) is 5.92 Å². The molecule has 1 aliphatic heterocycles. The average Bonchev–Trinajstić information content (AvgIpc) is 3.03. The second kappa shape index (κ2) is 5.56. The third-order valence-corrected chi connectivity index (χ3v) is 4.84. The number of likely N-dealkylation sites (tertiary alicyclic amines) is 1. The SMILES string of the molecule is CC1CCN(Cn2[nH]c(-c3cccs3)nc2=S)CC1. The highest BCUT2D eigenvalue weighted by atomic mass is 32.1.